The number of phenolic OH excluding ortho intramolecular Hbond substituents is 1. The third-order valence-corrected chi connectivity index (χ3v) is 7.42. The van der Waals surface area contributed by atoms with E-state index in [0.717, 1.165) is 43.8 Å². The summed E-state index contributed by atoms with van der Waals surface area (Å²) in [5, 5.41) is 27.4. The van der Waals surface area contributed by atoms with Crippen LogP contribution in [0.5, 0.6) is 5.75 Å². The van der Waals surface area contributed by atoms with Crippen molar-refractivity contribution in [3.63, 3.8) is 0 Å². The van der Waals surface area contributed by atoms with Crippen LogP contribution < -0.4 is 0 Å². The molecule has 0 radical (unpaired) electrons. The van der Waals surface area contributed by atoms with Gasteiger partial charge < -0.3 is 10.2 Å². The van der Waals surface area contributed by atoms with Gasteiger partial charge in [-0.2, -0.15) is 0 Å². The molecular formula is C35H36O2. The zero-order valence-corrected chi connectivity index (χ0v) is 22.6. The molecule has 2 nitrogen and oxygen atoms in total. The van der Waals surface area contributed by atoms with Crippen molar-refractivity contribution in [2.75, 3.05) is 0 Å². The van der Waals surface area contributed by atoms with Gasteiger partial charge in [-0.25, -0.2) is 0 Å². The highest BCUT2D eigenvalue weighted by molar-refractivity contribution is 6.08. The van der Waals surface area contributed by atoms with E-state index >= 15 is 0 Å². The molecule has 0 saturated carbocycles. The van der Waals surface area contributed by atoms with Crippen LogP contribution in [-0.2, 0) is 10.8 Å². The lowest BCUT2D eigenvalue weighted by atomic mass is 9.78. The summed E-state index contributed by atoms with van der Waals surface area (Å²) in [5.41, 5.74) is 5.56. The summed E-state index contributed by atoms with van der Waals surface area (Å²) in [6.07, 6.45) is -0.860. The molecule has 2 N–H and O–H groups in total. The molecule has 0 bridgehead atoms. The van der Waals surface area contributed by atoms with E-state index in [4.69, 9.17) is 0 Å². The normalized spacial score (nSPS) is 13.3. The van der Waals surface area contributed by atoms with Crippen molar-refractivity contribution < 1.29 is 10.2 Å². The number of benzene rings is 5. The van der Waals surface area contributed by atoms with Crippen LogP contribution in [0.25, 0.3) is 32.7 Å². The van der Waals surface area contributed by atoms with Gasteiger partial charge >= 0.3 is 0 Å². The largest absolute Gasteiger partial charge is 0.507 e. The predicted octanol–water partition coefficient (Wildman–Crippen LogP) is 9.04. The van der Waals surface area contributed by atoms with Gasteiger partial charge in [-0.15, -0.1) is 0 Å². The zero-order valence-electron chi connectivity index (χ0n) is 22.6. The highest BCUT2D eigenvalue weighted by Gasteiger charge is 2.26. The van der Waals surface area contributed by atoms with Crippen molar-refractivity contribution in [2.45, 2.75) is 58.5 Å². The van der Waals surface area contributed by atoms with Crippen LogP contribution in [0, 0.1) is 0 Å². The lowest BCUT2D eigenvalue weighted by Crippen LogP contribution is -2.18. The van der Waals surface area contributed by atoms with Crippen molar-refractivity contribution in [2.24, 2.45) is 0 Å². The number of phenols is 1. The molecule has 0 heterocycles. The Morgan fingerprint density at radius 3 is 1.59 bits per heavy atom. The molecule has 188 valence electrons. The van der Waals surface area contributed by atoms with Gasteiger partial charge in [-0.1, -0.05) is 126 Å². The van der Waals surface area contributed by atoms with E-state index in [2.05, 4.69) is 84.0 Å². The van der Waals surface area contributed by atoms with Crippen LogP contribution >= 0.6 is 0 Å². The van der Waals surface area contributed by atoms with Crippen LogP contribution in [0.3, 0.4) is 0 Å². The second kappa shape index (κ2) is 9.04. The highest BCUT2D eigenvalue weighted by Crippen LogP contribution is 2.45. The Morgan fingerprint density at radius 2 is 1.05 bits per heavy atom. The molecule has 1 atom stereocenters. The number of hydrogen-bond donors (Lipinski definition) is 2. The minimum absolute atomic E-state index is 0.0597. The van der Waals surface area contributed by atoms with Crippen molar-refractivity contribution in [1.29, 1.82) is 0 Å². The van der Waals surface area contributed by atoms with Crippen LogP contribution in [0.1, 0.15) is 69.9 Å². The summed E-state index contributed by atoms with van der Waals surface area (Å²) in [6, 6.07) is 30.6. The van der Waals surface area contributed by atoms with Crippen molar-refractivity contribution in [3.05, 3.63) is 113 Å². The van der Waals surface area contributed by atoms with Gasteiger partial charge in [-0.3, -0.25) is 0 Å². The van der Waals surface area contributed by atoms with Crippen LogP contribution in [0.15, 0.2) is 91.0 Å². The van der Waals surface area contributed by atoms with E-state index in [1.165, 1.54) is 11.1 Å². The summed E-state index contributed by atoms with van der Waals surface area (Å²) in [7, 11) is 0. The fourth-order valence-electron chi connectivity index (χ4n) is 5.17. The SMILES string of the molecule is CC(C)(C)c1cc([C@@H](O)c2ccc3ccccc3c2-c2c(O)ccc3ccccc23)cc(C(C)(C)C)c1. The summed E-state index contributed by atoms with van der Waals surface area (Å²) in [6.45, 7) is 13.3. The molecule has 0 amide bonds. The van der Waals surface area contributed by atoms with Crippen molar-refractivity contribution in [3.8, 4) is 16.9 Å². The van der Waals surface area contributed by atoms with E-state index in [0.29, 0.717) is 0 Å². The molecule has 5 aromatic rings. The maximum absolute atomic E-state index is 12.1. The fourth-order valence-corrected chi connectivity index (χ4v) is 5.17. The van der Waals surface area contributed by atoms with E-state index in [-0.39, 0.29) is 16.6 Å². The number of hydrogen-bond acceptors (Lipinski definition) is 2. The van der Waals surface area contributed by atoms with Gasteiger partial charge in [0.15, 0.2) is 0 Å². The maximum Gasteiger partial charge on any atom is 0.124 e. The maximum atomic E-state index is 12.1. The van der Waals surface area contributed by atoms with Gasteiger partial charge in [0.2, 0.25) is 0 Å². The first-order chi connectivity index (χ1) is 17.4. The number of aromatic hydroxyl groups is 1. The molecule has 0 aliphatic heterocycles. The van der Waals surface area contributed by atoms with E-state index in [1.807, 2.05) is 42.5 Å². The van der Waals surface area contributed by atoms with Crippen molar-refractivity contribution >= 4 is 21.5 Å². The minimum Gasteiger partial charge on any atom is -0.507 e. The summed E-state index contributed by atoms with van der Waals surface area (Å²) >= 11 is 0. The smallest absolute Gasteiger partial charge is 0.124 e. The minimum atomic E-state index is -0.860. The lowest BCUT2D eigenvalue weighted by Gasteiger charge is -2.28. The Kier molecular flexibility index (Phi) is 6.12. The van der Waals surface area contributed by atoms with Crippen LogP contribution in [0.4, 0.5) is 0 Å². The highest BCUT2D eigenvalue weighted by atomic mass is 16.3. The van der Waals surface area contributed by atoms with Crippen LogP contribution in [-0.4, -0.2) is 10.2 Å². The van der Waals surface area contributed by atoms with E-state index in [9.17, 15) is 10.2 Å². The number of fused-ring (bicyclic) bond motifs is 2. The second-order valence-corrected chi connectivity index (χ2v) is 12.2. The third kappa shape index (κ3) is 4.63. The molecule has 5 rings (SSSR count). The molecule has 0 aliphatic carbocycles. The number of rotatable bonds is 3. The van der Waals surface area contributed by atoms with Gasteiger partial charge in [-0.05, 0) is 66.3 Å². The third-order valence-electron chi connectivity index (χ3n) is 7.42. The Morgan fingerprint density at radius 1 is 0.568 bits per heavy atom. The number of aliphatic hydroxyl groups is 1. The first-order valence-corrected chi connectivity index (χ1v) is 13.0. The molecule has 0 saturated heterocycles. The zero-order chi connectivity index (χ0) is 26.5. The molecule has 2 heteroatoms. The van der Waals surface area contributed by atoms with E-state index in [1.54, 1.807) is 6.07 Å². The summed E-state index contributed by atoms with van der Waals surface area (Å²) in [4.78, 5) is 0. The molecule has 0 aliphatic rings. The topological polar surface area (TPSA) is 40.5 Å². The van der Waals surface area contributed by atoms with Gasteiger partial charge in [0.05, 0.1) is 0 Å². The van der Waals surface area contributed by atoms with Gasteiger partial charge in [0.25, 0.3) is 0 Å². The Labute approximate surface area is 220 Å². The average molecular weight is 489 g/mol. The first kappa shape index (κ1) is 25.0. The predicted molar refractivity (Wildman–Crippen MR) is 156 cm³/mol. The molecule has 0 unspecified atom stereocenters. The first-order valence-electron chi connectivity index (χ1n) is 13.0. The van der Waals surface area contributed by atoms with E-state index < -0.39 is 6.10 Å². The van der Waals surface area contributed by atoms with Gasteiger partial charge in [0.1, 0.15) is 11.9 Å². The summed E-state index contributed by atoms with van der Waals surface area (Å²) in [5.74, 6) is 0.210. The quantitative estimate of drug-likeness (QED) is 0.266. The number of aliphatic hydroxyl groups excluding tert-OH is 1. The molecule has 0 aromatic heterocycles. The average Bonchev–Trinajstić information content (AvgIpc) is 2.86. The Balaban J connectivity index is 1.83. The molecule has 5 aromatic carbocycles. The molecular weight excluding hydrogens is 452 g/mol. The Hall–Kier alpha value is -3.62. The van der Waals surface area contributed by atoms with Gasteiger partial charge in [0, 0.05) is 5.56 Å². The standard InChI is InChI=1S/C35H36O2/c1-34(2,3)25-19-24(20-26(21-25)35(4,5)6)33(37)29-17-15-22-11-7-9-13-27(22)31(29)32-28-14-10-8-12-23(28)16-18-30(32)36/h7-21,33,36-37H,1-6H3/t33-/m1/s1. The second-order valence-electron chi connectivity index (χ2n) is 12.2. The monoisotopic (exact) mass is 488 g/mol. The lowest BCUT2D eigenvalue weighted by molar-refractivity contribution is 0.220. The molecule has 0 spiro atoms. The fraction of sp³-hybridized carbons (Fsp3) is 0.257. The van der Waals surface area contributed by atoms with Crippen molar-refractivity contribution in [1.82, 2.24) is 0 Å². The molecule has 0 fully saturated rings. The molecule has 37 heavy (non-hydrogen) atoms. The summed E-state index contributed by atoms with van der Waals surface area (Å²) < 4.78 is 0. The Bertz CT molecular complexity index is 1580. The van der Waals surface area contributed by atoms with Crippen LogP contribution in [0.2, 0.25) is 0 Å².